The molecule has 0 saturated carbocycles. The van der Waals surface area contributed by atoms with Crippen LogP contribution in [0.2, 0.25) is 5.02 Å². The van der Waals surface area contributed by atoms with Gasteiger partial charge in [-0.2, -0.15) is 0 Å². The van der Waals surface area contributed by atoms with E-state index < -0.39 is 6.04 Å². The van der Waals surface area contributed by atoms with E-state index in [4.69, 9.17) is 17.3 Å². The number of hydrogen-bond donors (Lipinski definition) is 3. The maximum atomic E-state index is 12.5. The molecule has 0 bridgehead atoms. The number of hydrogen-bond acceptors (Lipinski definition) is 4. The monoisotopic (exact) mass is 428 g/mol. The molecule has 7 nitrogen and oxygen atoms in total. The minimum Gasteiger partial charge on any atom is -0.348 e. The van der Waals surface area contributed by atoms with E-state index in [-0.39, 0.29) is 30.7 Å². The molecule has 1 unspecified atom stereocenters. The number of carbonyl (C=O) groups is 3. The Labute approximate surface area is 180 Å². The first kappa shape index (κ1) is 21.8. The third-order valence-electron chi connectivity index (χ3n) is 4.94. The highest BCUT2D eigenvalue weighted by Crippen LogP contribution is 2.21. The van der Waals surface area contributed by atoms with Gasteiger partial charge in [-0.15, -0.1) is 0 Å². The van der Waals surface area contributed by atoms with Crippen LogP contribution in [0, 0.1) is 0 Å². The van der Waals surface area contributed by atoms with Crippen LogP contribution in [-0.4, -0.2) is 36.9 Å². The lowest BCUT2D eigenvalue weighted by molar-refractivity contribution is -0.119. The first-order valence-electron chi connectivity index (χ1n) is 9.93. The normalized spacial score (nSPS) is 14.9. The van der Waals surface area contributed by atoms with E-state index in [1.54, 1.807) is 53.4 Å². The van der Waals surface area contributed by atoms with Crippen molar-refractivity contribution in [2.24, 2.45) is 5.73 Å². The number of halogens is 1. The van der Waals surface area contributed by atoms with Gasteiger partial charge in [0.25, 0.3) is 5.91 Å². The Hall–Kier alpha value is -2.90. The topological polar surface area (TPSA) is 105 Å². The predicted molar refractivity (Wildman–Crippen MR) is 118 cm³/mol. The lowest BCUT2D eigenvalue weighted by atomic mass is 10.1. The average Bonchev–Trinajstić information content (AvgIpc) is 2.75. The van der Waals surface area contributed by atoms with Crippen LogP contribution in [0.25, 0.3) is 0 Å². The van der Waals surface area contributed by atoms with Gasteiger partial charge < -0.3 is 21.3 Å². The molecule has 8 heteroatoms. The summed E-state index contributed by atoms with van der Waals surface area (Å²) in [5.41, 5.74) is 7.59. The molecule has 1 fully saturated rings. The third kappa shape index (κ3) is 5.81. The zero-order chi connectivity index (χ0) is 21.5. The van der Waals surface area contributed by atoms with Crippen LogP contribution in [-0.2, 0) is 9.59 Å². The van der Waals surface area contributed by atoms with Crippen LogP contribution < -0.4 is 21.3 Å². The van der Waals surface area contributed by atoms with Gasteiger partial charge in [0.2, 0.25) is 11.8 Å². The minimum absolute atomic E-state index is 0.0469. The molecule has 1 atom stereocenters. The Bertz CT molecular complexity index is 900. The highest BCUT2D eigenvalue weighted by molar-refractivity contribution is 6.30. The molecule has 3 amide bonds. The largest absolute Gasteiger partial charge is 0.348 e. The zero-order valence-corrected chi connectivity index (χ0v) is 17.3. The van der Waals surface area contributed by atoms with E-state index in [0.29, 0.717) is 29.2 Å². The molecule has 0 spiro atoms. The van der Waals surface area contributed by atoms with Crippen LogP contribution in [0.4, 0.5) is 11.4 Å². The second-order valence-corrected chi connectivity index (χ2v) is 7.65. The van der Waals surface area contributed by atoms with Gasteiger partial charge in [0.15, 0.2) is 0 Å². The molecule has 1 saturated heterocycles. The molecule has 2 aromatic rings. The van der Waals surface area contributed by atoms with Crippen molar-refractivity contribution >= 4 is 40.7 Å². The number of amides is 3. The molecule has 4 N–H and O–H groups in total. The summed E-state index contributed by atoms with van der Waals surface area (Å²) in [4.78, 5) is 38.6. The highest BCUT2D eigenvalue weighted by Gasteiger charge is 2.20. The molecule has 158 valence electrons. The fourth-order valence-corrected chi connectivity index (χ4v) is 3.43. The number of nitrogens with two attached hydrogens (primary N) is 1. The average molecular weight is 429 g/mol. The smallest absolute Gasteiger partial charge is 0.251 e. The first-order valence-corrected chi connectivity index (χ1v) is 10.3. The molecule has 1 aliphatic rings. The SMILES string of the molecule is NCC(CC(=O)Nc1ccc(Cl)cc1)NC(=O)c1ccc(N2CCCCC2=O)cc1. The van der Waals surface area contributed by atoms with Gasteiger partial charge in [0, 0.05) is 47.9 Å². The Morgan fingerprint density at radius 3 is 2.40 bits per heavy atom. The second kappa shape index (κ2) is 10.2. The van der Waals surface area contributed by atoms with Crippen LogP contribution in [0.15, 0.2) is 48.5 Å². The standard InChI is InChI=1S/C22H25ClN4O3/c23-16-6-8-17(9-7-16)25-20(28)13-18(14-24)26-22(30)15-4-10-19(11-5-15)27-12-2-1-3-21(27)29/h4-11,18H,1-3,12-14,24H2,(H,25,28)(H,26,30). The summed E-state index contributed by atoms with van der Waals surface area (Å²) in [7, 11) is 0. The molecule has 1 aliphatic heterocycles. The van der Waals surface area contributed by atoms with Crippen molar-refractivity contribution in [3.63, 3.8) is 0 Å². The highest BCUT2D eigenvalue weighted by atomic mass is 35.5. The first-order chi connectivity index (χ1) is 14.5. The van der Waals surface area contributed by atoms with Crippen molar-refractivity contribution in [1.82, 2.24) is 5.32 Å². The predicted octanol–water partition coefficient (Wildman–Crippen LogP) is 2.94. The van der Waals surface area contributed by atoms with E-state index in [0.717, 1.165) is 18.5 Å². The molecule has 0 aromatic heterocycles. The van der Waals surface area contributed by atoms with Crippen molar-refractivity contribution in [3.05, 3.63) is 59.1 Å². The summed E-state index contributed by atoms with van der Waals surface area (Å²) in [6, 6.07) is 13.1. The van der Waals surface area contributed by atoms with Gasteiger partial charge in [0.1, 0.15) is 0 Å². The number of rotatable bonds is 7. The summed E-state index contributed by atoms with van der Waals surface area (Å²) in [5, 5.41) is 6.12. The maximum absolute atomic E-state index is 12.5. The van der Waals surface area contributed by atoms with Crippen LogP contribution in [0.3, 0.4) is 0 Å². The molecular weight excluding hydrogens is 404 g/mol. The lowest BCUT2D eigenvalue weighted by Crippen LogP contribution is -2.42. The zero-order valence-electron chi connectivity index (χ0n) is 16.6. The molecule has 0 aliphatic carbocycles. The Morgan fingerprint density at radius 2 is 1.77 bits per heavy atom. The third-order valence-corrected chi connectivity index (χ3v) is 5.20. The van der Waals surface area contributed by atoms with E-state index in [1.165, 1.54) is 0 Å². The second-order valence-electron chi connectivity index (χ2n) is 7.21. The molecule has 2 aromatic carbocycles. The van der Waals surface area contributed by atoms with Gasteiger partial charge in [-0.05, 0) is 61.4 Å². The Balaban J connectivity index is 1.55. The fraction of sp³-hybridized carbons (Fsp3) is 0.318. The minimum atomic E-state index is -0.506. The summed E-state index contributed by atoms with van der Waals surface area (Å²) < 4.78 is 0. The molecule has 0 radical (unpaired) electrons. The quantitative estimate of drug-likeness (QED) is 0.630. The van der Waals surface area contributed by atoms with Crippen molar-refractivity contribution in [1.29, 1.82) is 0 Å². The number of anilines is 2. The Kier molecular flexibility index (Phi) is 7.43. The van der Waals surface area contributed by atoms with Crippen molar-refractivity contribution in [2.45, 2.75) is 31.7 Å². The number of carbonyl (C=O) groups excluding carboxylic acids is 3. The summed E-state index contributed by atoms with van der Waals surface area (Å²) in [6.07, 6.45) is 2.50. The van der Waals surface area contributed by atoms with Gasteiger partial charge in [-0.3, -0.25) is 14.4 Å². The number of nitrogens with one attached hydrogen (secondary N) is 2. The van der Waals surface area contributed by atoms with Gasteiger partial charge in [-0.1, -0.05) is 11.6 Å². The summed E-state index contributed by atoms with van der Waals surface area (Å²) >= 11 is 5.84. The molecule has 30 heavy (non-hydrogen) atoms. The van der Waals surface area contributed by atoms with Crippen LogP contribution >= 0.6 is 11.6 Å². The van der Waals surface area contributed by atoms with Gasteiger partial charge in [-0.25, -0.2) is 0 Å². The van der Waals surface area contributed by atoms with Gasteiger partial charge >= 0.3 is 0 Å². The van der Waals surface area contributed by atoms with Crippen LogP contribution in [0.1, 0.15) is 36.0 Å². The van der Waals surface area contributed by atoms with Gasteiger partial charge in [0.05, 0.1) is 6.04 Å². The number of nitrogens with zero attached hydrogens (tertiary/aromatic N) is 1. The van der Waals surface area contributed by atoms with Crippen molar-refractivity contribution < 1.29 is 14.4 Å². The fourth-order valence-electron chi connectivity index (χ4n) is 3.30. The molecule has 3 rings (SSSR count). The molecule has 1 heterocycles. The number of piperidine rings is 1. The van der Waals surface area contributed by atoms with Crippen molar-refractivity contribution in [2.75, 3.05) is 23.3 Å². The van der Waals surface area contributed by atoms with E-state index >= 15 is 0 Å². The maximum Gasteiger partial charge on any atom is 0.251 e. The van der Waals surface area contributed by atoms with E-state index in [2.05, 4.69) is 10.6 Å². The molecular formula is C22H25ClN4O3. The Morgan fingerprint density at radius 1 is 1.07 bits per heavy atom. The summed E-state index contributed by atoms with van der Waals surface area (Å²) in [5.74, 6) is -0.471. The van der Waals surface area contributed by atoms with E-state index in [9.17, 15) is 14.4 Å². The lowest BCUT2D eigenvalue weighted by Gasteiger charge is -2.26. The van der Waals surface area contributed by atoms with E-state index in [1.807, 2.05) is 0 Å². The number of benzene rings is 2. The summed E-state index contributed by atoms with van der Waals surface area (Å²) in [6.45, 7) is 0.822. The van der Waals surface area contributed by atoms with Crippen LogP contribution in [0.5, 0.6) is 0 Å². The van der Waals surface area contributed by atoms with Crippen molar-refractivity contribution in [3.8, 4) is 0 Å².